The second-order valence-electron chi connectivity index (χ2n) is 4.91. The number of nitrogens with zero attached hydrogens (tertiary/aromatic N) is 1. The quantitative estimate of drug-likeness (QED) is 0.787. The Hall–Kier alpha value is -1.35. The van der Waals surface area contributed by atoms with Gasteiger partial charge in [-0.15, -0.1) is 0 Å². The Labute approximate surface area is 110 Å². The second kappa shape index (κ2) is 7.17. The first-order valence-corrected chi connectivity index (χ1v) is 6.63. The van der Waals surface area contributed by atoms with Gasteiger partial charge in [0.15, 0.2) is 0 Å². The monoisotopic (exact) mass is 248 g/mol. The van der Waals surface area contributed by atoms with Crippen LogP contribution in [0.25, 0.3) is 0 Å². The lowest BCUT2D eigenvalue weighted by Gasteiger charge is -2.22. The van der Waals surface area contributed by atoms with E-state index in [2.05, 4.69) is 19.9 Å². The third kappa shape index (κ3) is 3.84. The molecular formula is C15H24N2O. The molecule has 18 heavy (non-hydrogen) atoms. The van der Waals surface area contributed by atoms with Crippen LogP contribution in [0.15, 0.2) is 24.3 Å². The maximum atomic E-state index is 12.1. The van der Waals surface area contributed by atoms with Crippen LogP contribution in [0.2, 0.25) is 0 Å². The van der Waals surface area contributed by atoms with Crippen molar-refractivity contribution >= 4 is 11.6 Å². The SMILES string of the molecule is CC(C)c1ccccc1N(C)C(=O)CCCCN. The van der Waals surface area contributed by atoms with E-state index < -0.39 is 0 Å². The molecule has 0 aliphatic carbocycles. The van der Waals surface area contributed by atoms with E-state index in [-0.39, 0.29) is 5.91 Å². The maximum absolute atomic E-state index is 12.1. The van der Waals surface area contributed by atoms with Crippen LogP contribution in [0, 0.1) is 0 Å². The summed E-state index contributed by atoms with van der Waals surface area (Å²) in [6, 6.07) is 8.09. The first-order valence-electron chi connectivity index (χ1n) is 6.63. The fourth-order valence-electron chi connectivity index (χ4n) is 2.00. The Bertz CT molecular complexity index is 388. The molecule has 0 aliphatic rings. The van der Waals surface area contributed by atoms with Crippen molar-refractivity contribution in [3.8, 4) is 0 Å². The van der Waals surface area contributed by atoms with Crippen molar-refractivity contribution in [1.29, 1.82) is 0 Å². The lowest BCUT2D eigenvalue weighted by atomic mass is 10.0. The summed E-state index contributed by atoms with van der Waals surface area (Å²) in [5.74, 6) is 0.581. The van der Waals surface area contributed by atoms with E-state index in [1.54, 1.807) is 4.90 Å². The molecule has 1 aromatic rings. The number of benzene rings is 1. The van der Waals surface area contributed by atoms with Crippen LogP contribution in [0.1, 0.15) is 44.6 Å². The Morgan fingerprint density at radius 1 is 1.28 bits per heavy atom. The minimum Gasteiger partial charge on any atom is -0.330 e. The molecule has 0 heterocycles. The highest BCUT2D eigenvalue weighted by Crippen LogP contribution is 2.26. The van der Waals surface area contributed by atoms with Crippen molar-refractivity contribution in [2.24, 2.45) is 5.73 Å². The van der Waals surface area contributed by atoms with Crippen LogP contribution in [-0.4, -0.2) is 19.5 Å². The average Bonchev–Trinajstić information content (AvgIpc) is 2.38. The maximum Gasteiger partial charge on any atom is 0.226 e. The van der Waals surface area contributed by atoms with Gasteiger partial charge in [0.1, 0.15) is 0 Å². The standard InChI is InChI=1S/C15H24N2O/c1-12(2)13-8-4-5-9-14(13)17(3)15(18)10-6-7-11-16/h4-5,8-9,12H,6-7,10-11,16H2,1-3H3. The van der Waals surface area contributed by atoms with Crippen molar-refractivity contribution in [3.63, 3.8) is 0 Å². The molecule has 0 saturated carbocycles. The van der Waals surface area contributed by atoms with Crippen LogP contribution in [-0.2, 0) is 4.79 Å². The lowest BCUT2D eigenvalue weighted by Crippen LogP contribution is -2.27. The van der Waals surface area contributed by atoms with E-state index in [1.165, 1.54) is 5.56 Å². The van der Waals surface area contributed by atoms with E-state index in [4.69, 9.17) is 5.73 Å². The summed E-state index contributed by atoms with van der Waals surface area (Å²) in [6.07, 6.45) is 2.34. The molecule has 100 valence electrons. The van der Waals surface area contributed by atoms with Crippen LogP contribution in [0.4, 0.5) is 5.69 Å². The van der Waals surface area contributed by atoms with Crippen molar-refractivity contribution in [2.45, 2.75) is 39.0 Å². The highest BCUT2D eigenvalue weighted by molar-refractivity contribution is 5.93. The number of carbonyl (C=O) groups is 1. The van der Waals surface area contributed by atoms with Gasteiger partial charge in [-0.2, -0.15) is 0 Å². The molecule has 0 fully saturated rings. The van der Waals surface area contributed by atoms with Gasteiger partial charge in [-0.25, -0.2) is 0 Å². The van der Waals surface area contributed by atoms with Gasteiger partial charge in [0.25, 0.3) is 0 Å². The number of nitrogens with two attached hydrogens (primary N) is 1. The Morgan fingerprint density at radius 2 is 1.94 bits per heavy atom. The Morgan fingerprint density at radius 3 is 2.56 bits per heavy atom. The fraction of sp³-hybridized carbons (Fsp3) is 0.533. The summed E-state index contributed by atoms with van der Waals surface area (Å²) in [6.45, 7) is 4.94. The van der Waals surface area contributed by atoms with Crippen LogP contribution < -0.4 is 10.6 Å². The average molecular weight is 248 g/mol. The molecule has 0 bridgehead atoms. The van der Waals surface area contributed by atoms with Crippen molar-refractivity contribution in [1.82, 2.24) is 0 Å². The van der Waals surface area contributed by atoms with E-state index in [9.17, 15) is 4.79 Å². The molecule has 1 aromatic carbocycles. The van der Waals surface area contributed by atoms with Gasteiger partial charge in [0, 0.05) is 19.2 Å². The molecule has 0 radical (unpaired) electrons. The Balaban J connectivity index is 2.77. The smallest absolute Gasteiger partial charge is 0.226 e. The Kier molecular flexibility index (Phi) is 5.86. The summed E-state index contributed by atoms with van der Waals surface area (Å²) in [5.41, 5.74) is 7.67. The molecule has 3 nitrogen and oxygen atoms in total. The van der Waals surface area contributed by atoms with Crippen molar-refractivity contribution in [3.05, 3.63) is 29.8 Å². The molecule has 1 amide bonds. The summed E-state index contributed by atoms with van der Waals surface area (Å²) in [7, 11) is 1.85. The molecule has 3 heteroatoms. The molecule has 0 atom stereocenters. The van der Waals surface area contributed by atoms with Gasteiger partial charge in [0.2, 0.25) is 5.91 Å². The highest BCUT2D eigenvalue weighted by Gasteiger charge is 2.15. The third-order valence-corrected chi connectivity index (χ3v) is 3.14. The highest BCUT2D eigenvalue weighted by atomic mass is 16.2. The van der Waals surface area contributed by atoms with Gasteiger partial charge < -0.3 is 10.6 Å². The normalized spacial score (nSPS) is 10.7. The van der Waals surface area contributed by atoms with Crippen molar-refractivity contribution < 1.29 is 4.79 Å². The molecular weight excluding hydrogens is 224 g/mol. The van der Waals surface area contributed by atoms with E-state index in [1.807, 2.05) is 25.2 Å². The van der Waals surface area contributed by atoms with E-state index in [0.717, 1.165) is 18.5 Å². The number of hydrogen-bond donors (Lipinski definition) is 1. The van der Waals surface area contributed by atoms with E-state index >= 15 is 0 Å². The van der Waals surface area contributed by atoms with Gasteiger partial charge in [0.05, 0.1) is 0 Å². The molecule has 0 saturated heterocycles. The lowest BCUT2D eigenvalue weighted by molar-refractivity contribution is -0.118. The van der Waals surface area contributed by atoms with Gasteiger partial charge in [-0.1, -0.05) is 32.0 Å². The second-order valence-corrected chi connectivity index (χ2v) is 4.91. The predicted octanol–water partition coefficient (Wildman–Crippen LogP) is 2.90. The van der Waals surface area contributed by atoms with Crippen molar-refractivity contribution in [2.75, 3.05) is 18.5 Å². The zero-order chi connectivity index (χ0) is 13.5. The number of amides is 1. The van der Waals surface area contributed by atoms with Gasteiger partial charge in [-0.05, 0) is 36.9 Å². The predicted molar refractivity (Wildman–Crippen MR) is 76.8 cm³/mol. The fourth-order valence-corrected chi connectivity index (χ4v) is 2.00. The number of para-hydroxylation sites is 1. The van der Waals surface area contributed by atoms with Crippen LogP contribution >= 0.6 is 0 Å². The topological polar surface area (TPSA) is 46.3 Å². The molecule has 1 rings (SSSR count). The summed E-state index contributed by atoms with van der Waals surface area (Å²) in [5, 5.41) is 0. The minimum atomic E-state index is 0.163. The zero-order valence-corrected chi connectivity index (χ0v) is 11.6. The van der Waals surface area contributed by atoms with Gasteiger partial charge in [-0.3, -0.25) is 4.79 Å². The van der Waals surface area contributed by atoms with Gasteiger partial charge >= 0.3 is 0 Å². The van der Waals surface area contributed by atoms with E-state index in [0.29, 0.717) is 18.9 Å². The zero-order valence-electron chi connectivity index (χ0n) is 11.6. The first-order chi connectivity index (χ1) is 8.57. The minimum absolute atomic E-state index is 0.163. The first kappa shape index (κ1) is 14.7. The summed E-state index contributed by atoms with van der Waals surface area (Å²) >= 11 is 0. The summed E-state index contributed by atoms with van der Waals surface area (Å²) < 4.78 is 0. The number of anilines is 1. The molecule has 0 aromatic heterocycles. The number of carbonyl (C=O) groups excluding carboxylic acids is 1. The molecule has 0 aliphatic heterocycles. The third-order valence-electron chi connectivity index (χ3n) is 3.14. The molecule has 0 spiro atoms. The number of unbranched alkanes of at least 4 members (excludes halogenated alkanes) is 1. The molecule has 0 unspecified atom stereocenters. The summed E-state index contributed by atoms with van der Waals surface area (Å²) in [4.78, 5) is 13.8. The van der Waals surface area contributed by atoms with Crippen LogP contribution in [0.5, 0.6) is 0 Å². The molecule has 2 N–H and O–H groups in total. The number of rotatable bonds is 6. The largest absolute Gasteiger partial charge is 0.330 e. The van der Waals surface area contributed by atoms with Crippen LogP contribution in [0.3, 0.4) is 0 Å². The number of hydrogen-bond acceptors (Lipinski definition) is 2.